The second-order valence-corrected chi connectivity index (χ2v) is 7.55. The molecule has 0 aliphatic carbocycles. The Hall–Kier alpha value is -3.79. The normalized spacial score (nSPS) is 22.9. The molecule has 3 atom stereocenters. The zero-order valence-corrected chi connectivity index (χ0v) is 17.4. The van der Waals surface area contributed by atoms with Crippen LogP contribution in [0, 0.1) is 22.6 Å². The highest BCUT2D eigenvalue weighted by atomic mass is 19.3. The Labute approximate surface area is 186 Å². The molecular formula is C20H21F3N6O4. The first kappa shape index (κ1) is 23.9. The van der Waals surface area contributed by atoms with Crippen molar-refractivity contribution in [3.05, 3.63) is 41.8 Å². The molecule has 176 valence electrons. The van der Waals surface area contributed by atoms with Crippen LogP contribution in [-0.4, -0.2) is 55.6 Å². The highest BCUT2D eigenvalue weighted by molar-refractivity contribution is 5.98. The number of benzene rings is 1. The summed E-state index contributed by atoms with van der Waals surface area (Å²) in [7, 11) is 0. The number of alkyl halides is 2. The van der Waals surface area contributed by atoms with Crippen LogP contribution >= 0.6 is 0 Å². The maximum Gasteiger partial charge on any atom is 0.411 e. The molecule has 1 aromatic heterocycles. The zero-order chi connectivity index (χ0) is 24.6. The number of likely N-dealkylation sites (tertiary alicyclic amines) is 1. The number of nitrogens with two attached hydrogens (primary N) is 1. The van der Waals surface area contributed by atoms with E-state index in [2.05, 4.69) is 10.4 Å². The molecule has 2 heterocycles. The zero-order valence-electron chi connectivity index (χ0n) is 17.4. The monoisotopic (exact) mass is 466 g/mol. The molecule has 1 aliphatic heterocycles. The number of anilines is 2. The summed E-state index contributed by atoms with van der Waals surface area (Å²) in [6, 6.07) is 0.648. The van der Waals surface area contributed by atoms with Crippen LogP contribution in [0.3, 0.4) is 0 Å². The lowest BCUT2D eigenvalue weighted by atomic mass is 9.69. The molecule has 2 aromatic rings. The summed E-state index contributed by atoms with van der Waals surface area (Å²) >= 11 is 0. The first-order chi connectivity index (χ1) is 15.5. The maximum atomic E-state index is 15.4. The molecule has 3 unspecified atom stereocenters. The summed E-state index contributed by atoms with van der Waals surface area (Å²) in [6.07, 6.45) is -3.40. The van der Waals surface area contributed by atoms with Crippen LogP contribution < -0.4 is 11.1 Å². The Bertz CT molecular complexity index is 1100. The molecule has 0 bridgehead atoms. The number of carboxylic acid groups (broad SMARTS) is 1. The summed E-state index contributed by atoms with van der Waals surface area (Å²) in [6.45, 7) is 0.718. The number of nitrogens with zero attached hydrogens (tertiary/aromatic N) is 4. The molecular weight excluding hydrogens is 445 g/mol. The van der Waals surface area contributed by atoms with Crippen LogP contribution in [0.4, 0.5) is 29.5 Å². The molecule has 0 radical (unpaired) electrons. The molecule has 0 spiro atoms. The Kier molecular flexibility index (Phi) is 6.24. The fourth-order valence-corrected chi connectivity index (χ4v) is 4.05. The number of amides is 2. The van der Waals surface area contributed by atoms with Gasteiger partial charge in [0, 0.05) is 18.4 Å². The predicted molar refractivity (Wildman–Crippen MR) is 108 cm³/mol. The van der Waals surface area contributed by atoms with E-state index in [1.54, 1.807) is 0 Å². The van der Waals surface area contributed by atoms with Gasteiger partial charge in [-0.3, -0.25) is 9.48 Å². The third kappa shape index (κ3) is 3.82. The largest absolute Gasteiger partial charge is 0.465 e. The lowest BCUT2D eigenvalue weighted by Crippen LogP contribution is -2.66. The van der Waals surface area contributed by atoms with Gasteiger partial charge in [0.25, 0.3) is 5.91 Å². The maximum absolute atomic E-state index is 15.4. The van der Waals surface area contributed by atoms with Gasteiger partial charge in [-0.1, -0.05) is 6.92 Å². The quantitative estimate of drug-likeness (QED) is 0.477. The van der Waals surface area contributed by atoms with E-state index in [1.165, 1.54) is 25.1 Å². The number of aliphatic hydroxyl groups excluding tert-OH is 1. The fourth-order valence-electron chi connectivity index (χ4n) is 4.05. The number of carbonyl (C=O) groups excluding carboxylic acids is 1. The van der Waals surface area contributed by atoms with E-state index in [1.807, 2.05) is 0 Å². The second kappa shape index (κ2) is 8.62. The van der Waals surface area contributed by atoms with E-state index in [4.69, 9.17) is 5.73 Å². The molecule has 0 saturated carbocycles. The van der Waals surface area contributed by atoms with Crippen molar-refractivity contribution in [2.75, 3.05) is 11.9 Å². The molecule has 10 nitrogen and oxygen atoms in total. The minimum atomic E-state index is -4.28. The van der Waals surface area contributed by atoms with Crippen LogP contribution in [0.25, 0.3) is 0 Å². The van der Waals surface area contributed by atoms with Crippen LogP contribution in [-0.2, 0) is 0 Å². The highest BCUT2D eigenvalue weighted by Gasteiger charge is 2.70. The van der Waals surface area contributed by atoms with Gasteiger partial charge in [-0.2, -0.15) is 19.1 Å². The Morgan fingerprint density at radius 3 is 2.55 bits per heavy atom. The summed E-state index contributed by atoms with van der Waals surface area (Å²) in [5.41, 5.74) is 2.59. The van der Waals surface area contributed by atoms with Crippen molar-refractivity contribution in [1.29, 1.82) is 5.26 Å². The molecule has 1 aromatic carbocycles. The standard InChI is InChI=1S/C20H21F3N6O4/c1-2-15(30)19(10-24)14(7-8-28(18(32)33)20(19,22)23)29-9-13(16(25)31)17(27-29)26-12-5-3-11(21)4-6-12/h3-6,9,14-15,30H,2,7-8H2,1H3,(H2,25,31)(H,26,27)(H,32,33). The Morgan fingerprint density at radius 1 is 1.39 bits per heavy atom. The van der Waals surface area contributed by atoms with Crippen molar-refractivity contribution >= 4 is 23.5 Å². The topological polar surface area (TPSA) is 157 Å². The van der Waals surface area contributed by atoms with E-state index in [9.17, 15) is 29.5 Å². The van der Waals surface area contributed by atoms with Crippen molar-refractivity contribution in [1.82, 2.24) is 14.7 Å². The predicted octanol–water partition coefficient (Wildman–Crippen LogP) is 2.66. The molecule has 1 fully saturated rings. The van der Waals surface area contributed by atoms with E-state index < -0.39 is 48.0 Å². The van der Waals surface area contributed by atoms with Crippen LogP contribution in [0.1, 0.15) is 36.2 Å². The minimum absolute atomic E-state index is 0.143. The third-order valence-corrected chi connectivity index (χ3v) is 5.74. The minimum Gasteiger partial charge on any atom is -0.465 e. The summed E-state index contributed by atoms with van der Waals surface area (Å²) < 4.78 is 45.0. The van der Waals surface area contributed by atoms with Crippen LogP contribution in [0.15, 0.2) is 30.5 Å². The lowest BCUT2D eigenvalue weighted by molar-refractivity contribution is -0.260. The van der Waals surface area contributed by atoms with Gasteiger partial charge in [-0.05, 0) is 37.1 Å². The number of aromatic nitrogens is 2. The van der Waals surface area contributed by atoms with E-state index in [0.717, 1.165) is 23.0 Å². The third-order valence-electron chi connectivity index (χ3n) is 5.74. The average molecular weight is 466 g/mol. The van der Waals surface area contributed by atoms with Gasteiger partial charge in [0.05, 0.1) is 18.2 Å². The van der Waals surface area contributed by atoms with Crippen molar-refractivity contribution < 1.29 is 33.0 Å². The van der Waals surface area contributed by atoms with E-state index in [0.29, 0.717) is 5.69 Å². The van der Waals surface area contributed by atoms with Gasteiger partial charge < -0.3 is 21.3 Å². The number of halogens is 3. The van der Waals surface area contributed by atoms with E-state index >= 15 is 8.78 Å². The summed E-state index contributed by atoms with van der Waals surface area (Å²) in [5, 5.41) is 36.5. The van der Waals surface area contributed by atoms with Crippen molar-refractivity contribution in [3.8, 4) is 6.07 Å². The number of piperidine rings is 1. The number of nitrogens with one attached hydrogen (secondary N) is 1. The average Bonchev–Trinajstić information content (AvgIpc) is 3.17. The number of rotatable bonds is 6. The smallest absolute Gasteiger partial charge is 0.411 e. The molecule has 3 rings (SSSR count). The van der Waals surface area contributed by atoms with E-state index in [-0.39, 0.29) is 29.1 Å². The molecule has 1 saturated heterocycles. The summed E-state index contributed by atoms with van der Waals surface area (Å²) in [4.78, 5) is 23.2. The molecule has 13 heteroatoms. The summed E-state index contributed by atoms with van der Waals surface area (Å²) in [5.74, 6) is -1.61. The molecule has 1 aliphatic rings. The number of primary amides is 1. The lowest BCUT2D eigenvalue weighted by Gasteiger charge is -2.50. The Balaban J connectivity index is 2.13. The van der Waals surface area contributed by atoms with Crippen molar-refractivity contribution in [3.63, 3.8) is 0 Å². The Morgan fingerprint density at radius 2 is 2.03 bits per heavy atom. The van der Waals surface area contributed by atoms with Crippen LogP contribution in [0.5, 0.6) is 0 Å². The van der Waals surface area contributed by atoms with Gasteiger partial charge in [0.1, 0.15) is 11.4 Å². The van der Waals surface area contributed by atoms with Crippen LogP contribution in [0.2, 0.25) is 0 Å². The number of nitriles is 1. The van der Waals surface area contributed by atoms with Crippen molar-refractivity contribution in [2.24, 2.45) is 11.1 Å². The number of carbonyl (C=O) groups is 2. The molecule has 5 N–H and O–H groups in total. The number of hydrogen-bond donors (Lipinski definition) is 4. The van der Waals surface area contributed by atoms with Gasteiger partial charge in [-0.25, -0.2) is 14.1 Å². The van der Waals surface area contributed by atoms with Gasteiger partial charge in [0.2, 0.25) is 0 Å². The molecule has 33 heavy (non-hydrogen) atoms. The van der Waals surface area contributed by atoms with Gasteiger partial charge in [0.15, 0.2) is 11.2 Å². The fraction of sp³-hybridized carbons (Fsp3) is 0.400. The molecule has 2 amide bonds. The van der Waals surface area contributed by atoms with Gasteiger partial charge in [-0.15, -0.1) is 0 Å². The number of aliphatic hydroxyl groups is 1. The SMILES string of the molecule is CCC(O)C1(C#N)C(n2cc(C(N)=O)c(Nc3ccc(F)cc3)n2)CCN(C(=O)O)C1(F)F. The second-order valence-electron chi connectivity index (χ2n) is 7.55. The van der Waals surface area contributed by atoms with Gasteiger partial charge >= 0.3 is 12.1 Å². The highest BCUT2D eigenvalue weighted by Crippen LogP contribution is 2.54. The first-order valence-corrected chi connectivity index (χ1v) is 9.88. The van der Waals surface area contributed by atoms with Crippen molar-refractivity contribution in [2.45, 2.75) is 38.0 Å². The number of hydrogen-bond acceptors (Lipinski definition) is 6. The first-order valence-electron chi connectivity index (χ1n) is 9.88.